The van der Waals surface area contributed by atoms with Crippen LogP contribution in [0.4, 0.5) is 0 Å². The molecule has 5 nitrogen and oxygen atoms in total. The van der Waals surface area contributed by atoms with Gasteiger partial charge in [-0.15, -0.1) is 11.8 Å². The van der Waals surface area contributed by atoms with Crippen molar-refractivity contribution in [3.8, 4) is 5.75 Å². The van der Waals surface area contributed by atoms with Gasteiger partial charge in [-0.05, 0) is 49.9 Å². The fourth-order valence-corrected chi connectivity index (χ4v) is 3.77. The van der Waals surface area contributed by atoms with Crippen molar-refractivity contribution in [2.75, 3.05) is 19.5 Å². The van der Waals surface area contributed by atoms with Crippen molar-refractivity contribution in [2.24, 2.45) is 0 Å². The van der Waals surface area contributed by atoms with Crippen LogP contribution in [0.25, 0.3) is 21.9 Å². The number of hydrogen-bond donors (Lipinski definition) is 0. The molecule has 0 spiro atoms. The second-order valence-corrected chi connectivity index (χ2v) is 7.62. The lowest BCUT2D eigenvalue weighted by Gasteiger charge is -2.11. The van der Waals surface area contributed by atoms with Gasteiger partial charge >= 0.3 is 5.97 Å². The second kappa shape index (κ2) is 9.83. The Morgan fingerprint density at radius 3 is 2.62 bits per heavy atom. The van der Waals surface area contributed by atoms with Gasteiger partial charge in [-0.25, -0.2) is 4.79 Å². The van der Waals surface area contributed by atoms with Crippen molar-refractivity contribution in [3.63, 3.8) is 0 Å². The molecule has 0 N–H and O–H groups in total. The van der Waals surface area contributed by atoms with Gasteiger partial charge in [0.05, 0.1) is 34.4 Å². The van der Waals surface area contributed by atoms with Gasteiger partial charge in [0.1, 0.15) is 11.3 Å². The molecule has 0 saturated carbocycles. The van der Waals surface area contributed by atoms with Crippen LogP contribution in [0.2, 0.25) is 0 Å². The van der Waals surface area contributed by atoms with E-state index >= 15 is 0 Å². The molecule has 154 valence electrons. The minimum atomic E-state index is -0.456. The number of thioether (sulfide) groups is 1. The Balaban J connectivity index is 2.03. The SMILES string of the molecule is CCCCCCOc1cc(SC)c2oc3ccc(C(=O)OCC)cc3c(=O)c2c1. The lowest BCUT2D eigenvalue weighted by molar-refractivity contribution is 0.0526. The summed E-state index contributed by atoms with van der Waals surface area (Å²) in [6, 6.07) is 8.44. The Bertz CT molecular complexity index is 1070. The zero-order chi connectivity index (χ0) is 20.8. The van der Waals surface area contributed by atoms with Crippen LogP contribution in [0, 0.1) is 0 Å². The van der Waals surface area contributed by atoms with Gasteiger partial charge in [-0.2, -0.15) is 0 Å². The zero-order valence-corrected chi connectivity index (χ0v) is 17.9. The number of benzene rings is 2. The van der Waals surface area contributed by atoms with E-state index < -0.39 is 5.97 Å². The Labute approximate surface area is 174 Å². The summed E-state index contributed by atoms with van der Waals surface area (Å²) < 4.78 is 17.0. The van der Waals surface area contributed by atoms with E-state index in [1.165, 1.54) is 30.7 Å². The first-order chi connectivity index (χ1) is 14.1. The highest BCUT2D eigenvalue weighted by molar-refractivity contribution is 7.98. The predicted molar refractivity (Wildman–Crippen MR) is 117 cm³/mol. The molecule has 0 aliphatic carbocycles. The van der Waals surface area contributed by atoms with Crippen LogP contribution in [0.3, 0.4) is 0 Å². The lowest BCUT2D eigenvalue weighted by Crippen LogP contribution is -2.08. The number of carbonyl (C=O) groups is 1. The molecule has 0 aliphatic rings. The van der Waals surface area contributed by atoms with Crippen molar-refractivity contribution in [3.05, 3.63) is 46.1 Å². The van der Waals surface area contributed by atoms with E-state index in [4.69, 9.17) is 13.9 Å². The van der Waals surface area contributed by atoms with Crippen molar-refractivity contribution >= 4 is 39.7 Å². The van der Waals surface area contributed by atoms with Gasteiger partial charge in [-0.3, -0.25) is 4.79 Å². The molecule has 0 saturated heterocycles. The first-order valence-electron chi connectivity index (χ1n) is 9.97. The van der Waals surface area contributed by atoms with E-state index in [0.29, 0.717) is 39.9 Å². The Morgan fingerprint density at radius 1 is 1.07 bits per heavy atom. The molecule has 0 atom stereocenters. The third-order valence-corrected chi connectivity index (χ3v) is 5.45. The molecule has 3 aromatic rings. The van der Waals surface area contributed by atoms with Crippen molar-refractivity contribution in [2.45, 2.75) is 44.4 Å². The third-order valence-electron chi connectivity index (χ3n) is 4.71. The fourth-order valence-electron chi connectivity index (χ4n) is 3.20. The molecular weight excluding hydrogens is 388 g/mol. The molecule has 2 aromatic carbocycles. The summed E-state index contributed by atoms with van der Waals surface area (Å²) in [6.07, 6.45) is 6.41. The summed E-state index contributed by atoms with van der Waals surface area (Å²) in [5.41, 5.74) is 1.13. The number of fused-ring (bicyclic) bond motifs is 2. The van der Waals surface area contributed by atoms with Crippen LogP contribution in [0.15, 0.2) is 44.4 Å². The average molecular weight is 415 g/mol. The molecule has 29 heavy (non-hydrogen) atoms. The summed E-state index contributed by atoms with van der Waals surface area (Å²) in [5, 5.41) is 0.809. The topological polar surface area (TPSA) is 65.7 Å². The monoisotopic (exact) mass is 414 g/mol. The highest BCUT2D eigenvalue weighted by atomic mass is 32.2. The Hall–Kier alpha value is -2.47. The zero-order valence-electron chi connectivity index (χ0n) is 17.1. The summed E-state index contributed by atoms with van der Waals surface area (Å²) in [4.78, 5) is 26.1. The standard InChI is InChI=1S/C23H26O5S/c1-4-6-7-8-11-27-16-13-18-21(24)17-12-15(23(25)26-5-2)9-10-19(17)28-22(18)20(14-16)29-3/h9-10,12-14H,4-8,11H2,1-3H3. The highest BCUT2D eigenvalue weighted by Crippen LogP contribution is 2.32. The largest absolute Gasteiger partial charge is 0.494 e. The second-order valence-electron chi connectivity index (χ2n) is 6.77. The minimum Gasteiger partial charge on any atom is -0.494 e. The van der Waals surface area contributed by atoms with E-state index in [0.717, 1.165) is 17.7 Å². The van der Waals surface area contributed by atoms with Gasteiger partial charge in [0.25, 0.3) is 0 Å². The van der Waals surface area contributed by atoms with Crippen LogP contribution in [0.5, 0.6) is 5.75 Å². The molecule has 0 aliphatic heterocycles. The number of rotatable bonds is 9. The van der Waals surface area contributed by atoms with E-state index in [1.807, 2.05) is 12.3 Å². The normalized spacial score (nSPS) is 11.1. The van der Waals surface area contributed by atoms with Crippen molar-refractivity contribution < 1.29 is 18.7 Å². The molecule has 0 bridgehead atoms. The number of hydrogen-bond acceptors (Lipinski definition) is 6. The van der Waals surface area contributed by atoms with E-state index in [9.17, 15) is 9.59 Å². The Kier molecular flexibility index (Phi) is 7.20. The van der Waals surface area contributed by atoms with Crippen LogP contribution in [0.1, 0.15) is 49.9 Å². The molecule has 0 unspecified atom stereocenters. The summed E-state index contributed by atoms with van der Waals surface area (Å²) in [7, 11) is 0. The lowest BCUT2D eigenvalue weighted by atomic mass is 10.1. The molecule has 1 heterocycles. The molecular formula is C23H26O5S. The summed E-state index contributed by atoms with van der Waals surface area (Å²) in [6.45, 7) is 4.81. The molecule has 1 aromatic heterocycles. The van der Waals surface area contributed by atoms with E-state index in [-0.39, 0.29) is 12.0 Å². The highest BCUT2D eigenvalue weighted by Gasteiger charge is 2.16. The molecule has 0 radical (unpaired) electrons. The third kappa shape index (κ3) is 4.75. The van der Waals surface area contributed by atoms with Gasteiger partial charge in [0, 0.05) is 0 Å². The van der Waals surface area contributed by atoms with Gasteiger partial charge in [0.2, 0.25) is 5.43 Å². The molecule has 0 amide bonds. The minimum absolute atomic E-state index is 0.181. The van der Waals surface area contributed by atoms with E-state index in [2.05, 4.69) is 6.92 Å². The van der Waals surface area contributed by atoms with Crippen molar-refractivity contribution in [1.29, 1.82) is 0 Å². The maximum Gasteiger partial charge on any atom is 0.338 e. The maximum atomic E-state index is 13.2. The Morgan fingerprint density at radius 2 is 1.90 bits per heavy atom. The quantitative estimate of drug-likeness (QED) is 0.191. The van der Waals surface area contributed by atoms with Gasteiger partial charge < -0.3 is 13.9 Å². The van der Waals surface area contributed by atoms with Gasteiger partial charge in [-0.1, -0.05) is 26.2 Å². The van der Waals surface area contributed by atoms with Crippen LogP contribution >= 0.6 is 11.8 Å². The molecule has 3 rings (SSSR count). The number of esters is 1. The number of ether oxygens (including phenoxy) is 2. The summed E-state index contributed by atoms with van der Waals surface area (Å²) in [5.74, 6) is 0.203. The fraction of sp³-hybridized carbons (Fsp3) is 0.391. The van der Waals surface area contributed by atoms with Crippen LogP contribution in [-0.2, 0) is 4.74 Å². The first-order valence-corrected chi connectivity index (χ1v) is 11.2. The van der Waals surface area contributed by atoms with Crippen LogP contribution in [-0.4, -0.2) is 25.4 Å². The van der Waals surface area contributed by atoms with Crippen molar-refractivity contribution in [1.82, 2.24) is 0 Å². The number of unbranched alkanes of at least 4 members (excludes halogenated alkanes) is 3. The molecule has 6 heteroatoms. The first kappa shape index (κ1) is 21.2. The predicted octanol–water partition coefficient (Wildman–Crippen LogP) is 5.80. The summed E-state index contributed by atoms with van der Waals surface area (Å²) >= 11 is 1.50. The average Bonchev–Trinajstić information content (AvgIpc) is 2.73. The van der Waals surface area contributed by atoms with Gasteiger partial charge in [0.15, 0.2) is 5.58 Å². The van der Waals surface area contributed by atoms with E-state index in [1.54, 1.807) is 25.1 Å². The van der Waals surface area contributed by atoms with Crippen LogP contribution < -0.4 is 10.2 Å². The number of carbonyl (C=O) groups excluding carboxylic acids is 1. The molecule has 0 fully saturated rings. The maximum absolute atomic E-state index is 13.2. The smallest absolute Gasteiger partial charge is 0.338 e.